The molecule has 2 N–H and O–H groups in total. The molecule has 82 valence electrons. The Kier molecular flexibility index (Phi) is 2.81. The summed E-state index contributed by atoms with van der Waals surface area (Å²) in [6, 6.07) is -0.0553. The summed E-state index contributed by atoms with van der Waals surface area (Å²) in [5, 5.41) is 9.68. The van der Waals surface area contributed by atoms with Gasteiger partial charge < -0.3 is 10.0 Å². The fraction of sp³-hybridized carbons (Fsp3) is 1.00. The van der Waals surface area contributed by atoms with E-state index in [4.69, 9.17) is 0 Å². The van der Waals surface area contributed by atoms with Gasteiger partial charge in [0.1, 0.15) is 17.9 Å². The van der Waals surface area contributed by atoms with Crippen molar-refractivity contribution >= 4 is 9.84 Å². The molecule has 4 nitrogen and oxygen atoms in total. The highest BCUT2D eigenvalue weighted by molar-refractivity contribution is 7.91. The maximum atomic E-state index is 11.3. The molecule has 2 atom stereocenters. The van der Waals surface area contributed by atoms with Gasteiger partial charge in [0.25, 0.3) is 0 Å². The van der Waals surface area contributed by atoms with Crippen LogP contribution < -0.4 is 4.90 Å². The zero-order chi connectivity index (χ0) is 10.2. The summed E-state index contributed by atoms with van der Waals surface area (Å²) < 4.78 is 22.6. The Morgan fingerprint density at radius 3 is 2.21 bits per heavy atom. The molecular weight excluding hydrogens is 202 g/mol. The average molecular weight is 220 g/mol. The average Bonchev–Trinajstić information content (AvgIpc) is 2.41. The maximum Gasteiger partial charge on any atom is 0.159 e. The molecule has 0 radical (unpaired) electrons. The van der Waals surface area contributed by atoms with Crippen LogP contribution >= 0.6 is 0 Å². The Labute approximate surface area is 84.8 Å². The molecule has 2 fully saturated rings. The lowest BCUT2D eigenvalue weighted by Gasteiger charge is -2.29. The van der Waals surface area contributed by atoms with Crippen LogP contribution in [0.25, 0.3) is 0 Å². The lowest BCUT2D eigenvalue weighted by molar-refractivity contribution is -0.929. The summed E-state index contributed by atoms with van der Waals surface area (Å²) in [7, 11) is -2.96. The molecule has 0 aliphatic carbocycles. The third-order valence-electron chi connectivity index (χ3n) is 3.34. The molecule has 0 bridgehead atoms. The standard InChI is InChI=1S/C9H17NO3S/c11-9-7-14(12,13)6-8(9)10-4-2-1-3-5-10/h8-9,11H,1-7H2/p+1/t8-,9-/m0/s1. The molecule has 5 heteroatoms. The van der Waals surface area contributed by atoms with E-state index in [0.717, 1.165) is 13.1 Å². The summed E-state index contributed by atoms with van der Waals surface area (Å²) >= 11 is 0. The number of hydrogen-bond acceptors (Lipinski definition) is 3. The SMILES string of the molecule is O=S1(=O)C[C@H](O)[C@@H]([NH+]2CCCCC2)C1. The van der Waals surface area contributed by atoms with Crippen LogP contribution in [0, 0.1) is 0 Å². The number of likely N-dealkylation sites (tertiary alicyclic amines) is 1. The van der Waals surface area contributed by atoms with Crippen molar-refractivity contribution in [3.63, 3.8) is 0 Å². The van der Waals surface area contributed by atoms with Gasteiger partial charge in [-0.1, -0.05) is 0 Å². The van der Waals surface area contributed by atoms with Crippen LogP contribution in [0.15, 0.2) is 0 Å². The number of hydrogen-bond donors (Lipinski definition) is 2. The Morgan fingerprint density at radius 2 is 1.71 bits per heavy atom. The number of piperidine rings is 1. The third kappa shape index (κ3) is 2.10. The lowest BCUT2D eigenvalue weighted by Crippen LogP contribution is -3.18. The van der Waals surface area contributed by atoms with E-state index in [1.807, 2.05) is 0 Å². The molecule has 2 heterocycles. The van der Waals surface area contributed by atoms with Crippen molar-refractivity contribution in [2.24, 2.45) is 0 Å². The largest absolute Gasteiger partial charge is 0.386 e. The molecular formula is C9H18NO3S+. The van der Waals surface area contributed by atoms with Crippen molar-refractivity contribution in [1.29, 1.82) is 0 Å². The van der Waals surface area contributed by atoms with Gasteiger partial charge in [-0.25, -0.2) is 8.42 Å². The minimum absolute atomic E-state index is 0.0266. The minimum Gasteiger partial charge on any atom is -0.386 e. The number of rotatable bonds is 1. The molecule has 2 saturated heterocycles. The van der Waals surface area contributed by atoms with Crippen molar-refractivity contribution in [2.45, 2.75) is 31.4 Å². The lowest BCUT2D eigenvalue weighted by atomic mass is 10.1. The predicted octanol–water partition coefficient (Wildman–Crippen LogP) is -1.79. The highest BCUT2D eigenvalue weighted by atomic mass is 32.2. The summed E-state index contributed by atoms with van der Waals surface area (Å²) in [5.74, 6) is 0.157. The van der Waals surface area contributed by atoms with Crippen molar-refractivity contribution in [3.05, 3.63) is 0 Å². The molecule has 0 aromatic heterocycles. The predicted molar refractivity (Wildman–Crippen MR) is 53.0 cm³/mol. The fourth-order valence-corrected chi connectivity index (χ4v) is 4.49. The molecule has 0 aromatic carbocycles. The Hall–Kier alpha value is -0.130. The molecule has 0 saturated carbocycles. The van der Waals surface area contributed by atoms with Crippen LogP contribution in [0.2, 0.25) is 0 Å². The van der Waals surface area contributed by atoms with Gasteiger partial charge in [-0.05, 0) is 19.3 Å². The van der Waals surface area contributed by atoms with Crippen molar-refractivity contribution in [3.8, 4) is 0 Å². The number of nitrogens with one attached hydrogen (secondary N) is 1. The van der Waals surface area contributed by atoms with Crippen LogP contribution in [0.1, 0.15) is 19.3 Å². The molecule has 14 heavy (non-hydrogen) atoms. The van der Waals surface area contributed by atoms with Crippen LogP contribution in [0.4, 0.5) is 0 Å². The van der Waals surface area contributed by atoms with E-state index in [9.17, 15) is 13.5 Å². The monoisotopic (exact) mass is 220 g/mol. The number of sulfone groups is 1. The van der Waals surface area contributed by atoms with Gasteiger partial charge in [0.15, 0.2) is 9.84 Å². The second kappa shape index (κ2) is 3.79. The fourth-order valence-electron chi connectivity index (χ4n) is 2.60. The molecule has 0 amide bonds. The van der Waals surface area contributed by atoms with Gasteiger partial charge >= 0.3 is 0 Å². The van der Waals surface area contributed by atoms with E-state index >= 15 is 0 Å². The number of quaternary nitrogens is 1. The van der Waals surface area contributed by atoms with E-state index in [1.165, 1.54) is 24.2 Å². The Morgan fingerprint density at radius 1 is 1.07 bits per heavy atom. The van der Waals surface area contributed by atoms with E-state index in [-0.39, 0.29) is 17.5 Å². The third-order valence-corrected chi connectivity index (χ3v) is 5.06. The second-order valence-electron chi connectivity index (χ2n) is 4.47. The summed E-state index contributed by atoms with van der Waals surface area (Å²) in [5.41, 5.74) is 0. The number of aliphatic hydroxyl groups excluding tert-OH is 1. The van der Waals surface area contributed by atoms with Crippen LogP contribution in [-0.4, -0.2) is 50.3 Å². The van der Waals surface area contributed by atoms with E-state index < -0.39 is 15.9 Å². The molecule has 2 rings (SSSR count). The first-order valence-electron chi connectivity index (χ1n) is 5.31. The first-order chi connectivity index (χ1) is 6.58. The molecule has 2 aliphatic heterocycles. The van der Waals surface area contributed by atoms with Crippen molar-refractivity contribution < 1.29 is 18.4 Å². The first kappa shape index (κ1) is 10.4. The van der Waals surface area contributed by atoms with E-state index in [1.54, 1.807) is 0 Å². The highest BCUT2D eigenvalue weighted by Crippen LogP contribution is 2.11. The highest BCUT2D eigenvalue weighted by Gasteiger charge is 2.43. The van der Waals surface area contributed by atoms with E-state index in [0.29, 0.717) is 0 Å². The summed E-state index contributed by atoms with van der Waals surface area (Å²) in [6.45, 7) is 2.05. The second-order valence-corrected chi connectivity index (χ2v) is 6.62. The van der Waals surface area contributed by atoms with Crippen molar-refractivity contribution in [1.82, 2.24) is 0 Å². The van der Waals surface area contributed by atoms with Crippen LogP contribution in [0.3, 0.4) is 0 Å². The molecule has 0 aromatic rings. The van der Waals surface area contributed by atoms with E-state index in [2.05, 4.69) is 0 Å². The number of aliphatic hydroxyl groups is 1. The normalized spacial score (nSPS) is 38.6. The zero-order valence-corrected chi connectivity index (χ0v) is 9.09. The Bertz CT molecular complexity index is 295. The molecule has 2 aliphatic rings. The Balaban J connectivity index is 2.04. The summed E-state index contributed by atoms with van der Waals surface area (Å²) in [6.07, 6.45) is 2.95. The zero-order valence-electron chi connectivity index (χ0n) is 8.28. The molecule has 0 unspecified atom stereocenters. The maximum absolute atomic E-state index is 11.3. The van der Waals surface area contributed by atoms with Gasteiger partial charge in [-0.3, -0.25) is 0 Å². The smallest absolute Gasteiger partial charge is 0.159 e. The van der Waals surface area contributed by atoms with Gasteiger partial charge in [0, 0.05) is 0 Å². The topological polar surface area (TPSA) is 58.8 Å². The van der Waals surface area contributed by atoms with Crippen molar-refractivity contribution in [2.75, 3.05) is 24.6 Å². The van der Waals surface area contributed by atoms with Gasteiger partial charge in [0.2, 0.25) is 0 Å². The summed E-state index contributed by atoms with van der Waals surface area (Å²) in [4.78, 5) is 1.30. The minimum atomic E-state index is -2.96. The first-order valence-corrected chi connectivity index (χ1v) is 7.14. The quantitative estimate of drug-likeness (QED) is 0.549. The van der Waals surface area contributed by atoms with Gasteiger partial charge in [0.05, 0.1) is 18.8 Å². The van der Waals surface area contributed by atoms with Gasteiger partial charge in [-0.15, -0.1) is 0 Å². The van der Waals surface area contributed by atoms with Crippen LogP contribution in [-0.2, 0) is 9.84 Å². The van der Waals surface area contributed by atoms with Gasteiger partial charge in [-0.2, -0.15) is 0 Å². The van der Waals surface area contributed by atoms with Crippen LogP contribution in [0.5, 0.6) is 0 Å². The molecule has 0 spiro atoms.